The molecule has 1 fully saturated rings. The molecule has 39 heavy (non-hydrogen) atoms. The van der Waals surface area contributed by atoms with E-state index >= 15 is 0 Å². The maximum atomic E-state index is 13.9. The minimum atomic E-state index is -1.22. The minimum Gasteiger partial charge on any atom is -0.458 e. The number of anilines is 1. The number of ether oxygens (including phenoxy) is 3. The zero-order valence-electron chi connectivity index (χ0n) is 22.9. The van der Waals surface area contributed by atoms with Crippen molar-refractivity contribution < 1.29 is 28.2 Å². The van der Waals surface area contributed by atoms with Gasteiger partial charge in [0, 0.05) is 24.3 Å². The number of imidazole rings is 1. The Morgan fingerprint density at radius 1 is 1.33 bits per heavy atom. The molecule has 1 aliphatic rings. The van der Waals surface area contributed by atoms with Crippen molar-refractivity contribution in [1.82, 2.24) is 19.5 Å². The Morgan fingerprint density at radius 2 is 2.05 bits per heavy atom. The van der Waals surface area contributed by atoms with Crippen molar-refractivity contribution in [3.63, 3.8) is 0 Å². The van der Waals surface area contributed by atoms with Gasteiger partial charge in [-0.2, -0.15) is 14.4 Å². The number of aromatic nitrogens is 4. The Hall–Kier alpha value is -4.04. The summed E-state index contributed by atoms with van der Waals surface area (Å²) in [5.41, 5.74) is 6.76. The van der Waals surface area contributed by atoms with E-state index in [1.165, 1.54) is 17.8 Å². The van der Waals surface area contributed by atoms with Crippen molar-refractivity contribution in [2.24, 2.45) is 0 Å². The third kappa shape index (κ3) is 5.29. The molecule has 3 heterocycles. The fourth-order valence-electron chi connectivity index (χ4n) is 5.40. The van der Waals surface area contributed by atoms with E-state index in [-0.39, 0.29) is 29.8 Å². The highest BCUT2D eigenvalue weighted by Crippen LogP contribution is 2.43. The molecule has 1 aliphatic heterocycles. The summed E-state index contributed by atoms with van der Waals surface area (Å²) in [5, 5.41) is 0. The van der Waals surface area contributed by atoms with Gasteiger partial charge in [-0.3, -0.25) is 14.2 Å². The Morgan fingerprint density at radius 3 is 2.69 bits per heavy atom. The van der Waals surface area contributed by atoms with Crippen LogP contribution < -0.4 is 10.5 Å². The molecule has 0 aliphatic carbocycles. The normalized spacial score (nSPS) is 21.1. The highest BCUT2D eigenvalue weighted by atomic mass is 19.1. The van der Waals surface area contributed by atoms with Crippen LogP contribution in [0.5, 0.6) is 5.75 Å². The summed E-state index contributed by atoms with van der Waals surface area (Å²) in [7, 11) is 0. The van der Waals surface area contributed by atoms with E-state index in [9.17, 15) is 14.0 Å². The summed E-state index contributed by atoms with van der Waals surface area (Å²) in [5.74, 6) is 2.03. The highest BCUT2D eigenvalue weighted by Gasteiger charge is 2.50. The van der Waals surface area contributed by atoms with E-state index in [4.69, 9.17) is 26.4 Å². The van der Waals surface area contributed by atoms with E-state index in [2.05, 4.69) is 20.9 Å². The van der Waals surface area contributed by atoms with Gasteiger partial charge in [0.05, 0.1) is 12.7 Å². The monoisotopic (exact) mass is 537 g/mol. The van der Waals surface area contributed by atoms with Gasteiger partial charge in [-0.25, -0.2) is 4.98 Å². The molecule has 3 aromatic rings. The fraction of sp³-hybridized carbons (Fsp3) is 0.464. The lowest BCUT2D eigenvalue weighted by Gasteiger charge is -2.31. The Bertz CT molecular complexity index is 1490. The molecule has 2 N–H and O–H groups in total. The molecule has 3 atom stereocenters. The Balaban J connectivity index is 1.60. The molecule has 0 bridgehead atoms. The molecule has 1 aromatic carbocycles. The molecule has 0 radical (unpaired) electrons. The first kappa shape index (κ1) is 28.0. The van der Waals surface area contributed by atoms with Gasteiger partial charge in [-0.15, -0.1) is 6.42 Å². The first-order valence-corrected chi connectivity index (χ1v) is 12.6. The lowest BCUT2D eigenvalue weighted by molar-refractivity contribution is -0.157. The standard InChI is InChI=1S/C28H32FN5O5/c1-8-28(9-2)19(12-20(39-28)34-14-31-23-24(30)32-26(29)33-25(23)34)38-21(36)13-27(6,7)22-16(4)10-15(3)11-18(22)37-17(5)35/h1,10-11,14,19-20H,9,12-13H2,2-7H3,(H2,30,32,33)/t19-,20+,28+/m0/s1. The van der Waals surface area contributed by atoms with Crippen molar-refractivity contribution in [1.29, 1.82) is 0 Å². The number of nitrogen functional groups attached to an aromatic ring is 1. The van der Waals surface area contributed by atoms with Gasteiger partial charge in [-0.1, -0.05) is 32.8 Å². The van der Waals surface area contributed by atoms with Crippen LogP contribution in [0.25, 0.3) is 11.2 Å². The predicted molar refractivity (Wildman–Crippen MR) is 141 cm³/mol. The smallest absolute Gasteiger partial charge is 0.312 e. The second kappa shape index (κ2) is 10.3. The van der Waals surface area contributed by atoms with Crippen LogP contribution in [0, 0.1) is 32.3 Å². The maximum absolute atomic E-state index is 13.9. The second-order valence-corrected chi connectivity index (χ2v) is 10.5. The zero-order chi connectivity index (χ0) is 28.7. The van der Waals surface area contributed by atoms with E-state index in [0.717, 1.165) is 16.7 Å². The van der Waals surface area contributed by atoms with Crippen molar-refractivity contribution in [2.45, 2.75) is 84.2 Å². The molecule has 2 aromatic heterocycles. The van der Waals surface area contributed by atoms with Gasteiger partial charge >= 0.3 is 18.0 Å². The number of terminal acetylenes is 1. The fourth-order valence-corrected chi connectivity index (χ4v) is 5.40. The number of aryl methyl sites for hydroxylation is 2. The van der Waals surface area contributed by atoms with E-state index in [0.29, 0.717) is 12.2 Å². The maximum Gasteiger partial charge on any atom is 0.312 e. The van der Waals surface area contributed by atoms with E-state index in [1.54, 1.807) is 6.07 Å². The summed E-state index contributed by atoms with van der Waals surface area (Å²) in [4.78, 5) is 36.6. The number of carbonyl (C=O) groups excluding carboxylic acids is 2. The van der Waals surface area contributed by atoms with Crippen molar-refractivity contribution in [3.8, 4) is 18.1 Å². The van der Waals surface area contributed by atoms with E-state index < -0.39 is 41.4 Å². The van der Waals surface area contributed by atoms with Crippen LogP contribution in [0.4, 0.5) is 10.2 Å². The van der Waals surface area contributed by atoms with Crippen LogP contribution in [0.3, 0.4) is 0 Å². The number of fused-ring (bicyclic) bond motifs is 1. The van der Waals surface area contributed by atoms with Gasteiger partial charge in [-0.05, 0) is 37.5 Å². The highest BCUT2D eigenvalue weighted by molar-refractivity contribution is 5.81. The van der Waals surface area contributed by atoms with Gasteiger partial charge in [0.15, 0.2) is 22.6 Å². The molecule has 0 saturated carbocycles. The lowest BCUT2D eigenvalue weighted by atomic mass is 9.78. The van der Waals surface area contributed by atoms with Gasteiger partial charge in [0.2, 0.25) is 0 Å². The number of nitrogens with zero attached hydrogens (tertiary/aromatic N) is 4. The second-order valence-electron chi connectivity index (χ2n) is 10.5. The quantitative estimate of drug-likeness (QED) is 0.205. The molecule has 11 heteroatoms. The van der Waals surface area contributed by atoms with Crippen LogP contribution >= 0.6 is 0 Å². The summed E-state index contributed by atoms with van der Waals surface area (Å²) in [6.07, 6.45) is 5.31. The van der Waals surface area contributed by atoms with Gasteiger partial charge in [0.1, 0.15) is 18.1 Å². The Kier molecular flexibility index (Phi) is 7.36. The SMILES string of the molecule is C#C[C@]1(CC)O[C@@H](n2cnc3c(N)nc(F)nc32)C[C@@H]1OC(=O)CC(C)(C)c1c(C)cc(C)cc1OC(C)=O. The molecule has 1 saturated heterocycles. The number of benzene rings is 1. The molecule has 10 nitrogen and oxygen atoms in total. The Labute approximate surface area is 226 Å². The van der Waals surface area contributed by atoms with Crippen LogP contribution in [-0.4, -0.2) is 43.2 Å². The lowest BCUT2D eigenvalue weighted by Crippen LogP contribution is -2.41. The number of nitrogens with two attached hydrogens (primary N) is 1. The number of esters is 2. The third-order valence-electron chi connectivity index (χ3n) is 7.02. The number of rotatable bonds is 7. The topological polar surface area (TPSA) is 131 Å². The largest absolute Gasteiger partial charge is 0.458 e. The first-order chi connectivity index (χ1) is 18.3. The van der Waals surface area contributed by atoms with Gasteiger partial charge in [0.25, 0.3) is 0 Å². The number of hydrogen-bond donors (Lipinski definition) is 1. The van der Waals surface area contributed by atoms with Gasteiger partial charge < -0.3 is 19.9 Å². The third-order valence-corrected chi connectivity index (χ3v) is 7.02. The first-order valence-electron chi connectivity index (χ1n) is 12.6. The van der Waals surface area contributed by atoms with Crippen molar-refractivity contribution in [2.75, 3.05) is 5.73 Å². The number of carbonyl (C=O) groups is 2. The molecule has 0 spiro atoms. The summed E-state index contributed by atoms with van der Waals surface area (Å²) in [6, 6.07) is 3.75. The predicted octanol–water partition coefficient (Wildman–Crippen LogP) is 4.07. The minimum absolute atomic E-state index is 0.0142. The molecule has 206 valence electrons. The average molecular weight is 538 g/mol. The molecule has 0 unspecified atom stereocenters. The van der Waals surface area contributed by atoms with Crippen LogP contribution in [0.15, 0.2) is 18.5 Å². The average Bonchev–Trinajstić information content (AvgIpc) is 3.39. The summed E-state index contributed by atoms with van der Waals surface area (Å²) in [6.45, 7) is 10.8. The molecular weight excluding hydrogens is 505 g/mol. The van der Waals surface area contributed by atoms with Crippen LogP contribution in [0.1, 0.15) is 69.9 Å². The van der Waals surface area contributed by atoms with Crippen LogP contribution in [0.2, 0.25) is 0 Å². The zero-order valence-corrected chi connectivity index (χ0v) is 22.9. The molecule has 0 amide bonds. The van der Waals surface area contributed by atoms with Crippen molar-refractivity contribution in [3.05, 3.63) is 41.2 Å². The van der Waals surface area contributed by atoms with Crippen molar-refractivity contribution >= 4 is 28.9 Å². The molecule has 4 rings (SSSR count). The van der Waals surface area contributed by atoms with E-state index in [1.807, 2.05) is 40.7 Å². The number of hydrogen-bond acceptors (Lipinski definition) is 9. The number of halogens is 1. The van der Waals surface area contributed by atoms with Crippen LogP contribution in [-0.2, 0) is 24.5 Å². The molecular formula is C28H32FN5O5. The summed E-state index contributed by atoms with van der Waals surface area (Å²) >= 11 is 0. The summed E-state index contributed by atoms with van der Waals surface area (Å²) < 4.78 is 33.1.